The molecule has 0 N–H and O–H groups in total. The lowest BCUT2D eigenvalue weighted by Gasteiger charge is -2.34. The van der Waals surface area contributed by atoms with Crippen LogP contribution in [0.3, 0.4) is 0 Å². The Morgan fingerprint density at radius 3 is 2.83 bits per heavy atom. The fourth-order valence-corrected chi connectivity index (χ4v) is 2.90. The number of rotatable bonds is 3. The Morgan fingerprint density at radius 1 is 1.39 bits per heavy atom. The summed E-state index contributed by atoms with van der Waals surface area (Å²) in [7, 11) is 2.06. The number of aldehydes is 1. The van der Waals surface area contributed by atoms with E-state index in [2.05, 4.69) is 11.9 Å². The van der Waals surface area contributed by atoms with E-state index in [1.807, 2.05) is 18.2 Å². The van der Waals surface area contributed by atoms with E-state index in [1.165, 1.54) is 0 Å². The maximum Gasteiger partial charge on any atom is 0.124 e. The number of hydrogen-bond donors (Lipinski definition) is 0. The van der Waals surface area contributed by atoms with Crippen molar-refractivity contribution in [1.29, 1.82) is 0 Å². The van der Waals surface area contributed by atoms with Crippen LogP contribution in [0.15, 0.2) is 18.2 Å². The van der Waals surface area contributed by atoms with Gasteiger partial charge in [-0.05, 0) is 50.0 Å². The Labute approximate surface area is 118 Å². The van der Waals surface area contributed by atoms with Gasteiger partial charge in [-0.15, -0.1) is 0 Å². The van der Waals surface area contributed by atoms with Crippen LogP contribution in [0.5, 0.6) is 0 Å². The summed E-state index contributed by atoms with van der Waals surface area (Å²) in [4.78, 5) is 13.4. The van der Waals surface area contributed by atoms with Gasteiger partial charge in [0.05, 0.1) is 10.0 Å². The molecule has 1 aromatic rings. The topological polar surface area (TPSA) is 20.3 Å². The molecule has 2 nitrogen and oxygen atoms in total. The Morgan fingerprint density at radius 2 is 2.17 bits per heavy atom. The van der Waals surface area contributed by atoms with Gasteiger partial charge in [-0.2, -0.15) is 0 Å². The first-order chi connectivity index (χ1) is 8.60. The number of likely N-dealkylation sites (tertiary alicyclic amines) is 1. The average Bonchev–Trinajstić information content (AvgIpc) is 2.36. The molecule has 0 amide bonds. The highest BCUT2D eigenvalue weighted by molar-refractivity contribution is 6.42. The highest BCUT2D eigenvalue weighted by Crippen LogP contribution is 2.28. The minimum atomic E-state index is 0.123. The van der Waals surface area contributed by atoms with Gasteiger partial charge in [0.1, 0.15) is 6.29 Å². The molecule has 2 atom stereocenters. The minimum Gasteiger partial charge on any atom is -0.306 e. The molecule has 1 heterocycles. The number of carbonyl (C=O) groups is 1. The predicted molar refractivity (Wildman–Crippen MR) is 75.3 cm³/mol. The fourth-order valence-electron chi connectivity index (χ4n) is 2.58. The van der Waals surface area contributed by atoms with E-state index in [9.17, 15) is 4.79 Å². The fraction of sp³-hybridized carbons (Fsp3) is 0.500. The monoisotopic (exact) mass is 285 g/mol. The van der Waals surface area contributed by atoms with Crippen LogP contribution in [0.2, 0.25) is 10.0 Å². The van der Waals surface area contributed by atoms with Crippen molar-refractivity contribution in [3.63, 3.8) is 0 Å². The predicted octanol–water partition coefficient (Wildman–Crippen LogP) is 3.30. The zero-order valence-electron chi connectivity index (χ0n) is 10.4. The molecule has 0 spiro atoms. The van der Waals surface area contributed by atoms with Crippen molar-refractivity contribution < 1.29 is 4.79 Å². The van der Waals surface area contributed by atoms with Crippen LogP contribution in [0, 0.1) is 11.8 Å². The van der Waals surface area contributed by atoms with E-state index < -0.39 is 0 Å². The van der Waals surface area contributed by atoms with Gasteiger partial charge in [-0.1, -0.05) is 29.3 Å². The molecule has 1 aromatic carbocycles. The van der Waals surface area contributed by atoms with E-state index >= 15 is 0 Å². The Balaban J connectivity index is 2.07. The van der Waals surface area contributed by atoms with Crippen molar-refractivity contribution in [2.45, 2.75) is 12.8 Å². The standard InChI is InChI=1S/C14H17Cl2NO/c1-17-5-4-11(12(8-17)9-18)6-10-2-3-13(15)14(16)7-10/h2-3,7,9,11-12H,4-6,8H2,1H3/t11-,12+/m1/s1. The molecule has 2 rings (SSSR count). The SMILES string of the molecule is CN1CC[C@H](Cc2ccc(Cl)c(Cl)c2)[C@H](C=O)C1. The molecule has 0 aliphatic carbocycles. The quantitative estimate of drug-likeness (QED) is 0.795. The van der Waals surface area contributed by atoms with Gasteiger partial charge in [0.15, 0.2) is 0 Å². The molecule has 4 heteroatoms. The summed E-state index contributed by atoms with van der Waals surface area (Å²) in [6, 6.07) is 5.72. The molecule has 1 saturated heterocycles. The number of halogens is 2. The summed E-state index contributed by atoms with van der Waals surface area (Å²) in [6.45, 7) is 1.91. The van der Waals surface area contributed by atoms with Crippen molar-refractivity contribution in [3.05, 3.63) is 33.8 Å². The van der Waals surface area contributed by atoms with Crippen LogP contribution in [0.1, 0.15) is 12.0 Å². The van der Waals surface area contributed by atoms with Crippen molar-refractivity contribution in [1.82, 2.24) is 4.90 Å². The number of piperidine rings is 1. The molecule has 0 bridgehead atoms. The largest absolute Gasteiger partial charge is 0.306 e. The van der Waals surface area contributed by atoms with Gasteiger partial charge >= 0.3 is 0 Å². The molecule has 1 aliphatic rings. The molecule has 1 fully saturated rings. The highest BCUT2D eigenvalue weighted by Gasteiger charge is 2.27. The summed E-state index contributed by atoms with van der Waals surface area (Å²) < 4.78 is 0. The van der Waals surface area contributed by atoms with Crippen LogP contribution < -0.4 is 0 Å². The summed E-state index contributed by atoms with van der Waals surface area (Å²) in [5.41, 5.74) is 1.16. The normalized spacial score (nSPS) is 25.1. The van der Waals surface area contributed by atoms with Crippen LogP contribution in [0.25, 0.3) is 0 Å². The zero-order chi connectivity index (χ0) is 13.1. The second-order valence-corrected chi connectivity index (χ2v) is 5.88. The molecule has 98 valence electrons. The van der Waals surface area contributed by atoms with Crippen molar-refractivity contribution in [2.75, 3.05) is 20.1 Å². The summed E-state index contributed by atoms with van der Waals surface area (Å²) in [5, 5.41) is 1.17. The van der Waals surface area contributed by atoms with E-state index in [1.54, 1.807) is 0 Å². The molecule has 18 heavy (non-hydrogen) atoms. The molecule has 1 aliphatic heterocycles. The van der Waals surface area contributed by atoms with E-state index in [4.69, 9.17) is 23.2 Å². The Bertz CT molecular complexity index is 436. The second-order valence-electron chi connectivity index (χ2n) is 5.06. The van der Waals surface area contributed by atoms with Crippen LogP contribution >= 0.6 is 23.2 Å². The van der Waals surface area contributed by atoms with Crippen molar-refractivity contribution in [2.24, 2.45) is 11.8 Å². The number of benzene rings is 1. The van der Waals surface area contributed by atoms with E-state index in [-0.39, 0.29) is 5.92 Å². The lowest BCUT2D eigenvalue weighted by atomic mass is 9.82. The first kappa shape index (κ1) is 13.9. The molecule has 0 saturated carbocycles. The first-order valence-corrected chi connectivity index (χ1v) is 6.93. The maximum absolute atomic E-state index is 11.2. The highest BCUT2D eigenvalue weighted by atomic mass is 35.5. The maximum atomic E-state index is 11.2. The smallest absolute Gasteiger partial charge is 0.124 e. The number of hydrogen-bond acceptors (Lipinski definition) is 2. The van der Waals surface area contributed by atoms with E-state index in [0.29, 0.717) is 16.0 Å². The van der Waals surface area contributed by atoms with Gasteiger partial charge in [0, 0.05) is 12.5 Å². The van der Waals surface area contributed by atoms with Crippen LogP contribution in [-0.2, 0) is 11.2 Å². The van der Waals surface area contributed by atoms with Crippen molar-refractivity contribution >= 4 is 29.5 Å². The lowest BCUT2D eigenvalue weighted by molar-refractivity contribution is -0.114. The molecule has 0 unspecified atom stereocenters. The van der Waals surface area contributed by atoms with Gasteiger partial charge in [0.25, 0.3) is 0 Å². The van der Waals surface area contributed by atoms with Crippen molar-refractivity contribution in [3.8, 4) is 0 Å². The average molecular weight is 286 g/mol. The lowest BCUT2D eigenvalue weighted by Crippen LogP contribution is -2.39. The third kappa shape index (κ3) is 3.25. The number of carbonyl (C=O) groups excluding carboxylic acids is 1. The summed E-state index contributed by atoms with van der Waals surface area (Å²) in [6.07, 6.45) is 3.05. The van der Waals surface area contributed by atoms with Gasteiger partial charge in [-0.25, -0.2) is 0 Å². The van der Waals surface area contributed by atoms with Gasteiger partial charge in [-0.3, -0.25) is 0 Å². The first-order valence-electron chi connectivity index (χ1n) is 6.18. The molecular formula is C14H17Cl2NO. The molecular weight excluding hydrogens is 269 g/mol. The second kappa shape index (κ2) is 6.05. The van der Waals surface area contributed by atoms with Gasteiger partial charge in [0.2, 0.25) is 0 Å². The summed E-state index contributed by atoms with van der Waals surface area (Å²) in [5.74, 6) is 0.536. The summed E-state index contributed by atoms with van der Waals surface area (Å²) >= 11 is 11.9. The Kier molecular flexibility index (Phi) is 4.66. The van der Waals surface area contributed by atoms with Crippen LogP contribution in [-0.4, -0.2) is 31.3 Å². The minimum absolute atomic E-state index is 0.123. The third-order valence-electron chi connectivity index (χ3n) is 3.67. The Hall–Kier alpha value is -0.570. The molecule has 0 radical (unpaired) electrons. The zero-order valence-corrected chi connectivity index (χ0v) is 11.9. The van der Waals surface area contributed by atoms with E-state index in [0.717, 1.165) is 37.8 Å². The number of nitrogens with zero attached hydrogens (tertiary/aromatic N) is 1. The molecule has 0 aromatic heterocycles. The van der Waals surface area contributed by atoms with Gasteiger partial charge < -0.3 is 9.69 Å². The van der Waals surface area contributed by atoms with Crippen LogP contribution in [0.4, 0.5) is 0 Å². The third-order valence-corrected chi connectivity index (χ3v) is 4.41.